The summed E-state index contributed by atoms with van der Waals surface area (Å²) in [6, 6.07) is 62.3. The lowest BCUT2D eigenvalue weighted by atomic mass is 9.34. The van der Waals surface area contributed by atoms with Crippen LogP contribution in [0.25, 0.3) is 33.2 Å². The smallest absolute Gasteiger partial charge is 0.252 e. The number of nitrogens with zero attached hydrogens (tertiary/aromatic N) is 5. The summed E-state index contributed by atoms with van der Waals surface area (Å²) in [5.74, 6) is 0. The lowest BCUT2D eigenvalue weighted by molar-refractivity contribution is 0.744. The minimum absolute atomic E-state index is 0.0616. The van der Waals surface area contributed by atoms with Gasteiger partial charge in [0.05, 0.1) is 22.4 Å². The van der Waals surface area contributed by atoms with Crippen molar-refractivity contribution in [1.29, 1.82) is 0 Å². The van der Waals surface area contributed by atoms with Gasteiger partial charge in [-0.2, -0.15) is 0 Å². The lowest BCUT2D eigenvalue weighted by Gasteiger charge is -2.36. The molecule has 0 fully saturated rings. The van der Waals surface area contributed by atoms with Crippen molar-refractivity contribution in [3.05, 3.63) is 182 Å². The first kappa shape index (κ1) is 34.3. The summed E-state index contributed by atoms with van der Waals surface area (Å²) < 4.78 is 4.98. The highest BCUT2D eigenvalue weighted by Crippen LogP contribution is 2.44. The molecule has 9 aromatic rings. The number of aromatic nitrogens is 2. The SMILES string of the molecule is CCCN(CCC)c1cc2c3c(c1)-n1ccc4c(N(c5ccccc5)c5ccccc5)ccc(c41)B3c1ccc(N(c3ccccc3)c3ccccc3)c3ccn-2c13. The number of rotatable bonds is 11. The maximum absolute atomic E-state index is 2.59. The molecule has 0 N–H and O–H groups in total. The van der Waals surface area contributed by atoms with Crippen molar-refractivity contribution >= 4 is 84.7 Å². The van der Waals surface area contributed by atoms with Crippen LogP contribution in [0.4, 0.5) is 39.8 Å². The standard InChI is InChI=1S/C52H44BN5/c1-3-31-54(32-4-2)41-35-48-50-49(36-41)56-34-30-43-47(58(39-21-13-7-14-22-39)40-23-15-8-16-24-40)28-26-45(52(43)56)53(50)44-25-27-46(42-29-33-55(48)51(42)44)57(37-17-9-5-10-18-37)38-19-11-6-12-20-38/h5-30,33-36H,3-4,31-32H2,1-2H3. The van der Waals surface area contributed by atoms with Crippen LogP contribution in [0.15, 0.2) is 182 Å². The number of hydrogen-bond acceptors (Lipinski definition) is 3. The molecule has 0 radical (unpaired) electrons. The zero-order valence-electron chi connectivity index (χ0n) is 33.0. The molecule has 0 atom stereocenters. The Kier molecular flexibility index (Phi) is 8.25. The number of fused-ring (bicyclic) bond motifs is 4. The van der Waals surface area contributed by atoms with Gasteiger partial charge in [0.2, 0.25) is 0 Å². The normalized spacial score (nSPS) is 12.2. The molecule has 0 aliphatic carbocycles. The van der Waals surface area contributed by atoms with Gasteiger partial charge in [-0.05, 0) is 114 Å². The van der Waals surface area contributed by atoms with Crippen LogP contribution in [0.2, 0.25) is 0 Å². The molecular weight excluding hydrogens is 705 g/mol. The molecule has 6 heteroatoms. The van der Waals surface area contributed by atoms with Crippen LogP contribution in [0.3, 0.4) is 0 Å². The predicted molar refractivity (Wildman–Crippen MR) is 247 cm³/mol. The van der Waals surface area contributed by atoms with E-state index in [9.17, 15) is 0 Å². The van der Waals surface area contributed by atoms with Gasteiger partial charge in [-0.15, -0.1) is 0 Å². The van der Waals surface area contributed by atoms with Crippen molar-refractivity contribution in [2.24, 2.45) is 0 Å². The van der Waals surface area contributed by atoms with Crippen LogP contribution in [0.1, 0.15) is 26.7 Å². The Morgan fingerprint density at radius 2 is 0.810 bits per heavy atom. The summed E-state index contributed by atoms with van der Waals surface area (Å²) in [5.41, 5.74) is 17.3. The van der Waals surface area contributed by atoms with E-state index in [1.165, 1.54) is 66.6 Å². The molecule has 0 spiro atoms. The summed E-state index contributed by atoms with van der Waals surface area (Å²) in [5, 5.41) is 2.49. The third-order valence-corrected chi connectivity index (χ3v) is 12.2. The topological polar surface area (TPSA) is 19.6 Å². The Balaban J connectivity index is 1.19. The molecule has 2 aliphatic heterocycles. The summed E-state index contributed by atoms with van der Waals surface area (Å²) in [7, 11) is 0. The largest absolute Gasteiger partial charge is 0.371 e. The Morgan fingerprint density at radius 1 is 0.431 bits per heavy atom. The average molecular weight is 750 g/mol. The van der Waals surface area contributed by atoms with Gasteiger partial charge in [0.25, 0.3) is 6.71 Å². The molecule has 280 valence electrons. The number of anilines is 7. The molecule has 11 rings (SSSR count). The molecule has 5 nitrogen and oxygen atoms in total. The number of benzene rings is 7. The Hall–Kier alpha value is -6.92. The van der Waals surface area contributed by atoms with Gasteiger partial charge in [0.1, 0.15) is 0 Å². The fourth-order valence-corrected chi connectivity index (χ4v) is 9.84. The van der Waals surface area contributed by atoms with E-state index in [0.717, 1.165) is 48.7 Å². The van der Waals surface area contributed by atoms with Gasteiger partial charge in [-0.1, -0.05) is 98.8 Å². The average Bonchev–Trinajstić information content (AvgIpc) is 3.94. The molecule has 0 saturated carbocycles. The van der Waals surface area contributed by atoms with Crippen molar-refractivity contribution in [1.82, 2.24) is 9.13 Å². The van der Waals surface area contributed by atoms with Crippen molar-refractivity contribution < 1.29 is 0 Å². The van der Waals surface area contributed by atoms with E-state index < -0.39 is 0 Å². The quantitative estimate of drug-likeness (QED) is 0.123. The molecule has 0 amide bonds. The molecule has 7 aromatic carbocycles. The first-order valence-electron chi connectivity index (χ1n) is 20.8. The molecule has 0 unspecified atom stereocenters. The highest BCUT2D eigenvalue weighted by Gasteiger charge is 2.41. The van der Waals surface area contributed by atoms with Crippen LogP contribution in [0.5, 0.6) is 0 Å². The molecule has 58 heavy (non-hydrogen) atoms. The minimum Gasteiger partial charge on any atom is -0.371 e. The van der Waals surface area contributed by atoms with E-state index >= 15 is 0 Å². The molecule has 2 aliphatic rings. The second kappa shape index (κ2) is 13.9. The zero-order chi connectivity index (χ0) is 38.7. The van der Waals surface area contributed by atoms with Crippen LogP contribution in [0, 0.1) is 0 Å². The van der Waals surface area contributed by atoms with Crippen molar-refractivity contribution in [2.75, 3.05) is 27.8 Å². The van der Waals surface area contributed by atoms with Gasteiger partial charge in [0, 0.05) is 76.1 Å². The van der Waals surface area contributed by atoms with Crippen LogP contribution < -0.4 is 31.1 Å². The van der Waals surface area contributed by atoms with Crippen LogP contribution in [-0.2, 0) is 0 Å². The third kappa shape index (κ3) is 5.25. The van der Waals surface area contributed by atoms with E-state index in [1.54, 1.807) is 0 Å². The second-order valence-corrected chi connectivity index (χ2v) is 15.6. The zero-order valence-corrected chi connectivity index (χ0v) is 33.0. The molecule has 4 heterocycles. The molecule has 0 saturated heterocycles. The summed E-state index contributed by atoms with van der Waals surface area (Å²) in [6.07, 6.45) is 6.82. The Bertz CT molecular complexity index is 2660. The second-order valence-electron chi connectivity index (χ2n) is 15.6. The highest BCUT2D eigenvalue weighted by molar-refractivity contribution is 7.00. The van der Waals surface area contributed by atoms with Gasteiger partial charge in [0.15, 0.2) is 0 Å². The fourth-order valence-electron chi connectivity index (χ4n) is 9.84. The van der Waals surface area contributed by atoms with Gasteiger partial charge >= 0.3 is 0 Å². The number of hydrogen-bond donors (Lipinski definition) is 0. The Morgan fingerprint density at radius 3 is 1.17 bits per heavy atom. The van der Waals surface area contributed by atoms with Gasteiger partial charge in [-0.25, -0.2) is 0 Å². The van der Waals surface area contributed by atoms with E-state index in [-0.39, 0.29) is 6.71 Å². The van der Waals surface area contributed by atoms with Gasteiger partial charge < -0.3 is 23.8 Å². The molecule has 0 bridgehead atoms. The van der Waals surface area contributed by atoms with E-state index in [2.05, 4.69) is 220 Å². The van der Waals surface area contributed by atoms with Crippen molar-refractivity contribution in [3.63, 3.8) is 0 Å². The van der Waals surface area contributed by atoms with E-state index in [4.69, 9.17) is 0 Å². The molecular formula is C52H44BN5. The first-order valence-corrected chi connectivity index (χ1v) is 20.8. The van der Waals surface area contributed by atoms with Crippen LogP contribution >= 0.6 is 0 Å². The molecule has 2 aromatic heterocycles. The van der Waals surface area contributed by atoms with E-state index in [0.29, 0.717) is 0 Å². The summed E-state index contributed by atoms with van der Waals surface area (Å²) >= 11 is 0. The van der Waals surface area contributed by atoms with Gasteiger partial charge in [-0.3, -0.25) is 0 Å². The minimum atomic E-state index is 0.0616. The summed E-state index contributed by atoms with van der Waals surface area (Å²) in [6.45, 7) is 6.68. The monoisotopic (exact) mass is 749 g/mol. The maximum atomic E-state index is 2.59. The Labute approximate surface area is 340 Å². The number of para-hydroxylation sites is 4. The van der Waals surface area contributed by atoms with Crippen LogP contribution in [-0.4, -0.2) is 28.9 Å². The van der Waals surface area contributed by atoms with E-state index in [1.807, 2.05) is 0 Å². The maximum Gasteiger partial charge on any atom is 0.252 e. The first-order chi connectivity index (χ1) is 28.7. The highest BCUT2D eigenvalue weighted by atomic mass is 15.2. The lowest BCUT2D eigenvalue weighted by Crippen LogP contribution is -2.59. The summed E-state index contributed by atoms with van der Waals surface area (Å²) in [4.78, 5) is 7.40. The predicted octanol–water partition coefficient (Wildman–Crippen LogP) is 11.3. The third-order valence-electron chi connectivity index (χ3n) is 12.2. The fraction of sp³-hybridized carbons (Fsp3) is 0.115. The van der Waals surface area contributed by atoms with Crippen molar-refractivity contribution in [2.45, 2.75) is 26.7 Å². The van der Waals surface area contributed by atoms with Crippen molar-refractivity contribution in [3.8, 4) is 11.4 Å².